The molecule has 1 aliphatic rings. The zero-order valence-electron chi connectivity index (χ0n) is 11.7. The highest BCUT2D eigenvalue weighted by atomic mass is 16.2. The lowest BCUT2D eigenvalue weighted by atomic mass is 10.0. The van der Waals surface area contributed by atoms with Crippen LogP contribution in [0.5, 0.6) is 0 Å². The summed E-state index contributed by atoms with van der Waals surface area (Å²) in [6.07, 6.45) is 3.03. The van der Waals surface area contributed by atoms with Crippen LogP contribution in [0.25, 0.3) is 0 Å². The van der Waals surface area contributed by atoms with Crippen LogP contribution in [-0.4, -0.2) is 18.2 Å². The molecule has 1 aromatic carbocycles. The van der Waals surface area contributed by atoms with E-state index in [1.807, 2.05) is 32.0 Å². The van der Waals surface area contributed by atoms with Gasteiger partial charge in [-0.05, 0) is 49.8 Å². The Labute approximate surface area is 114 Å². The quantitative estimate of drug-likeness (QED) is 0.798. The number of rotatable bonds is 6. The van der Waals surface area contributed by atoms with E-state index in [0.717, 1.165) is 12.1 Å². The lowest BCUT2D eigenvalue weighted by Gasteiger charge is -2.05. The molecule has 0 aliphatic heterocycles. The van der Waals surface area contributed by atoms with E-state index in [-0.39, 0.29) is 11.7 Å². The average molecular weight is 259 g/mol. The molecule has 1 aliphatic carbocycles. The predicted octanol–water partition coefficient (Wildman–Crippen LogP) is 2.79. The summed E-state index contributed by atoms with van der Waals surface area (Å²) in [5.74, 6) is 0.716. The molecule has 0 bridgehead atoms. The Morgan fingerprint density at radius 2 is 1.89 bits per heavy atom. The lowest BCUT2D eigenvalue weighted by Crippen LogP contribution is -2.25. The van der Waals surface area contributed by atoms with Gasteiger partial charge in [0.1, 0.15) is 0 Å². The van der Waals surface area contributed by atoms with Gasteiger partial charge in [-0.25, -0.2) is 0 Å². The molecule has 1 fully saturated rings. The minimum absolute atomic E-state index is 0.0101. The minimum atomic E-state index is -0.0101. The number of carbonyl (C=O) groups excluding carboxylic acids is 2. The van der Waals surface area contributed by atoms with Crippen molar-refractivity contribution in [3.63, 3.8) is 0 Å². The fourth-order valence-corrected chi connectivity index (χ4v) is 1.95. The van der Waals surface area contributed by atoms with Gasteiger partial charge in [0.15, 0.2) is 5.78 Å². The molecule has 2 rings (SSSR count). The number of benzene rings is 1. The number of Topliss-reactive ketones (excluding diaryl/α,β-unsaturated/α-hetero) is 1. The molecule has 3 heteroatoms. The van der Waals surface area contributed by atoms with Crippen LogP contribution < -0.4 is 5.32 Å². The first-order valence-corrected chi connectivity index (χ1v) is 6.93. The molecule has 1 aromatic rings. The number of hydrogen-bond donors (Lipinski definition) is 1. The zero-order chi connectivity index (χ0) is 13.8. The predicted molar refractivity (Wildman–Crippen MR) is 75.2 cm³/mol. The second kappa shape index (κ2) is 6.00. The van der Waals surface area contributed by atoms with Gasteiger partial charge in [-0.1, -0.05) is 12.1 Å². The summed E-state index contributed by atoms with van der Waals surface area (Å²) in [5, 5.41) is 2.88. The molecule has 0 radical (unpaired) electrons. The van der Waals surface area contributed by atoms with Crippen molar-refractivity contribution in [2.45, 2.75) is 39.5 Å². The van der Waals surface area contributed by atoms with Crippen LogP contribution in [0.4, 0.5) is 0 Å². The molecule has 1 amide bonds. The van der Waals surface area contributed by atoms with Crippen LogP contribution in [0, 0.1) is 19.8 Å². The van der Waals surface area contributed by atoms with Crippen molar-refractivity contribution in [3.05, 3.63) is 34.9 Å². The highest BCUT2D eigenvalue weighted by molar-refractivity contribution is 5.98. The highest BCUT2D eigenvalue weighted by Gasteiger charge is 2.21. The van der Waals surface area contributed by atoms with Gasteiger partial charge in [0.2, 0.25) is 5.91 Å². The summed E-state index contributed by atoms with van der Waals surface area (Å²) in [6.45, 7) is 4.79. The second-order valence-corrected chi connectivity index (χ2v) is 5.47. The van der Waals surface area contributed by atoms with E-state index in [1.54, 1.807) is 0 Å². The first kappa shape index (κ1) is 13.8. The van der Waals surface area contributed by atoms with Crippen molar-refractivity contribution >= 4 is 11.7 Å². The Kier molecular flexibility index (Phi) is 4.35. The Balaban J connectivity index is 1.79. The van der Waals surface area contributed by atoms with Crippen LogP contribution in [0.3, 0.4) is 0 Å². The number of carbonyl (C=O) groups is 2. The fourth-order valence-electron chi connectivity index (χ4n) is 1.95. The topological polar surface area (TPSA) is 46.2 Å². The number of aryl methyl sites for hydroxylation is 2. The molecule has 0 aromatic heterocycles. The summed E-state index contributed by atoms with van der Waals surface area (Å²) in [7, 11) is 0. The first-order valence-electron chi connectivity index (χ1n) is 6.93. The smallest absolute Gasteiger partial charge is 0.220 e. The van der Waals surface area contributed by atoms with E-state index in [4.69, 9.17) is 0 Å². The number of nitrogens with one attached hydrogen (secondary N) is 1. The molecule has 3 nitrogen and oxygen atoms in total. The summed E-state index contributed by atoms with van der Waals surface area (Å²) in [6, 6.07) is 5.70. The standard InChI is InChI=1S/C16H21NO2/c1-11-3-6-14(9-12(11)2)15(18)7-8-16(19)17-10-13-4-5-13/h3,6,9,13H,4-5,7-8,10H2,1-2H3,(H,17,19). The van der Waals surface area contributed by atoms with E-state index in [9.17, 15) is 9.59 Å². The van der Waals surface area contributed by atoms with Gasteiger partial charge in [-0.2, -0.15) is 0 Å². The van der Waals surface area contributed by atoms with Crippen LogP contribution in [0.1, 0.15) is 47.2 Å². The Bertz CT molecular complexity index is 490. The second-order valence-electron chi connectivity index (χ2n) is 5.47. The Morgan fingerprint density at radius 1 is 1.16 bits per heavy atom. The molecule has 0 saturated heterocycles. The number of amides is 1. The lowest BCUT2D eigenvalue weighted by molar-refractivity contribution is -0.121. The van der Waals surface area contributed by atoms with Gasteiger partial charge in [0.25, 0.3) is 0 Å². The molecule has 19 heavy (non-hydrogen) atoms. The van der Waals surface area contributed by atoms with Gasteiger partial charge in [-0.15, -0.1) is 0 Å². The van der Waals surface area contributed by atoms with Gasteiger partial charge in [0, 0.05) is 24.9 Å². The van der Waals surface area contributed by atoms with Crippen molar-refractivity contribution in [2.24, 2.45) is 5.92 Å². The normalized spacial score (nSPS) is 14.2. The molecule has 0 unspecified atom stereocenters. The van der Waals surface area contributed by atoms with Crippen molar-refractivity contribution in [3.8, 4) is 0 Å². The third kappa shape index (κ3) is 4.19. The van der Waals surface area contributed by atoms with E-state index in [2.05, 4.69) is 5.32 Å². The summed E-state index contributed by atoms with van der Waals surface area (Å²) in [4.78, 5) is 23.6. The van der Waals surface area contributed by atoms with E-state index in [1.165, 1.54) is 18.4 Å². The highest BCUT2D eigenvalue weighted by Crippen LogP contribution is 2.27. The van der Waals surface area contributed by atoms with E-state index < -0.39 is 0 Å². The van der Waals surface area contributed by atoms with Crippen molar-refractivity contribution in [1.29, 1.82) is 0 Å². The maximum atomic E-state index is 12.0. The zero-order valence-corrected chi connectivity index (χ0v) is 11.7. The number of hydrogen-bond acceptors (Lipinski definition) is 2. The monoisotopic (exact) mass is 259 g/mol. The third-order valence-electron chi connectivity index (χ3n) is 3.69. The van der Waals surface area contributed by atoms with Gasteiger partial charge >= 0.3 is 0 Å². The van der Waals surface area contributed by atoms with Crippen LogP contribution in [-0.2, 0) is 4.79 Å². The third-order valence-corrected chi connectivity index (χ3v) is 3.69. The van der Waals surface area contributed by atoms with Gasteiger partial charge < -0.3 is 5.32 Å². The van der Waals surface area contributed by atoms with Crippen molar-refractivity contribution in [2.75, 3.05) is 6.54 Å². The Hall–Kier alpha value is -1.64. The molecular weight excluding hydrogens is 238 g/mol. The molecule has 0 heterocycles. The average Bonchev–Trinajstić information content (AvgIpc) is 3.20. The minimum Gasteiger partial charge on any atom is -0.356 e. The molecule has 1 N–H and O–H groups in total. The molecular formula is C16H21NO2. The fraction of sp³-hybridized carbons (Fsp3) is 0.500. The summed E-state index contributed by atoms with van der Waals surface area (Å²) >= 11 is 0. The van der Waals surface area contributed by atoms with Gasteiger partial charge in [0.05, 0.1) is 0 Å². The molecule has 102 valence electrons. The van der Waals surface area contributed by atoms with Gasteiger partial charge in [-0.3, -0.25) is 9.59 Å². The van der Waals surface area contributed by atoms with Crippen molar-refractivity contribution in [1.82, 2.24) is 5.32 Å². The van der Waals surface area contributed by atoms with E-state index in [0.29, 0.717) is 24.3 Å². The summed E-state index contributed by atoms with van der Waals surface area (Å²) in [5.41, 5.74) is 3.00. The first-order chi connectivity index (χ1) is 9.06. The number of ketones is 1. The summed E-state index contributed by atoms with van der Waals surface area (Å²) < 4.78 is 0. The molecule has 1 saturated carbocycles. The Morgan fingerprint density at radius 3 is 2.53 bits per heavy atom. The van der Waals surface area contributed by atoms with Crippen LogP contribution in [0.15, 0.2) is 18.2 Å². The van der Waals surface area contributed by atoms with Crippen molar-refractivity contribution < 1.29 is 9.59 Å². The molecule has 0 spiro atoms. The maximum absolute atomic E-state index is 12.0. The van der Waals surface area contributed by atoms with E-state index >= 15 is 0 Å². The maximum Gasteiger partial charge on any atom is 0.220 e. The largest absolute Gasteiger partial charge is 0.356 e. The SMILES string of the molecule is Cc1ccc(C(=O)CCC(=O)NCC2CC2)cc1C. The van der Waals surface area contributed by atoms with Crippen LogP contribution in [0.2, 0.25) is 0 Å². The molecule has 0 atom stereocenters. The van der Waals surface area contributed by atoms with Crippen LogP contribution >= 0.6 is 0 Å².